The van der Waals surface area contributed by atoms with Crippen LogP contribution in [0.25, 0.3) is 0 Å². The van der Waals surface area contributed by atoms with Gasteiger partial charge in [0.2, 0.25) is 11.8 Å². The van der Waals surface area contributed by atoms with Crippen LogP contribution in [0.4, 0.5) is 5.82 Å². The highest BCUT2D eigenvalue weighted by molar-refractivity contribution is 5.94. The van der Waals surface area contributed by atoms with Gasteiger partial charge in [0.25, 0.3) is 0 Å². The van der Waals surface area contributed by atoms with Crippen molar-refractivity contribution in [1.82, 2.24) is 10.1 Å². The van der Waals surface area contributed by atoms with Crippen molar-refractivity contribution in [3.8, 4) is 0 Å². The quantitative estimate of drug-likeness (QED) is 0.864. The fourth-order valence-corrected chi connectivity index (χ4v) is 2.60. The highest BCUT2D eigenvalue weighted by Crippen LogP contribution is 2.26. The molecule has 0 unspecified atom stereocenters. The number of carbonyl (C=O) groups excluding carboxylic acids is 2. The van der Waals surface area contributed by atoms with Crippen molar-refractivity contribution in [3.05, 3.63) is 12.3 Å². The third-order valence-corrected chi connectivity index (χ3v) is 3.55. The maximum absolute atomic E-state index is 12.4. The Labute approximate surface area is 118 Å². The molecule has 1 saturated carbocycles. The largest absolute Gasteiger partial charge is 0.363 e. The Bertz CT molecular complexity index is 439. The third kappa shape index (κ3) is 3.82. The molecule has 0 spiro atoms. The van der Waals surface area contributed by atoms with E-state index in [2.05, 4.69) is 15.0 Å². The molecule has 0 saturated heterocycles. The van der Waals surface area contributed by atoms with Gasteiger partial charge in [-0.05, 0) is 19.3 Å². The molecule has 1 N–H and O–H groups in total. The Morgan fingerprint density at radius 1 is 1.45 bits per heavy atom. The van der Waals surface area contributed by atoms with Gasteiger partial charge in [-0.1, -0.05) is 24.9 Å². The first-order valence-electron chi connectivity index (χ1n) is 7.19. The third-order valence-electron chi connectivity index (χ3n) is 3.55. The smallest absolute Gasteiger partial charge is 0.245 e. The van der Waals surface area contributed by atoms with E-state index in [0.29, 0.717) is 12.4 Å². The molecule has 1 aromatic heterocycles. The van der Waals surface area contributed by atoms with Gasteiger partial charge < -0.3 is 14.7 Å². The first-order chi connectivity index (χ1) is 9.70. The summed E-state index contributed by atoms with van der Waals surface area (Å²) in [6.45, 7) is 2.70. The molecule has 0 bridgehead atoms. The van der Waals surface area contributed by atoms with Crippen molar-refractivity contribution in [3.63, 3.8) is 0 Å². The van der Waals surface area contributed by atoms with E-state index in [9.17, 15) is 9.59 Å². The molecular formula is C14H21N3O3. The summed E-state index contributed by atoms with van der Waals surface area (Å²) in [5, 5.41) is 6.24. The molecule has 2 rings (SSSR count). The molecule has 1 aliphatic carbocycles. The van der Waals surface area contributed by atoms with E-state index in [-0.39, 0.29) is 24.3 Å². The summed E-state index contributed by atoms with van der Waals surface area (Å²) in [6, 6.07) is 1.57. The number of nitrogens with one attached hydrogen (secondary N) is 1. The molecule has 6 nitrogen and oxygen atoms in total. The van der Waals surface area contributed by atoms with Crippen LogP contribution in [0.5, 0.6) is 0 Å². The molecule has 1 fully saturated rings. The van der Waals surface area contributed by atoms with E-state index in [1.165, 1.54) is 6.26 Å². The van der Waals surface area contributed by atoms with Crippen LogP contribution in [0, 0.1) is 5.92 Å². The average molecular weight is 279 g/mol. The molecular weight excluding hydrogens is 258 g/mol. The van der Waals surface area contributed by atoms with E-state index in [0.717, 1.165) is 32.1 Å². The summed E-state index contributed by atoms with van der Waals surface area (Å²) >= 11 is 0. The van der Waals surface area contributed by atoms with Gasteiger partial charge in [0, 0.05) is 18.5 Å². The van der Waals surface area contributed by atoms with Crippen molar-refractivity contribution in [1.29, 1.82) is 0 Å². The van der Waals surface area contributed by atoms with Crippen molar-refractivity contribution in [2.75, 3.05) is 18.4 Å². The maximum Gasteiger partial charge on any atom is 0.245 e. The normalized spacial score (nSPS) is 15.2. The zero-order valence-electron chi connectivity index (χ0n) is 11.8. The molecule has 1 aliphatic rings. The zero-order valence-corrected chi connectivity index (χ0v) is 11.8. The van der Waals surface area contributed by atoms with Crippen LogP contribution >= 0.6 is 0 Å². The number of hydrogen-bond acceptors (Lipinski definition) is 4. The number of amides is 2. The number of carbonyl (C=O) groups is 2. The molecule has 6 heteroatoms. The summed E-state index contributed by atoms with van der Waals surface area (Å²) in [4.78, 5) is 26.0. The number of nitrogens with zero attached hydrogens (tertiary/aromatic N) is 2. The topological polar surface area (TPSA) is 75.4 Å². The second kappa shape index (κ2) is 7.07. The van der Waals surface area contributed by atoms with Crippen LogP contribution in [-0.4, -0.2) is 35.0 Å². The molecule has 0 aromatic carbocycles. The van der Waals surface area contributed by atoms with Gasteiger partial charge in [0.15, 0.2) is 5.82 Å². The minimum absolute atomic E-state index is 0.0794. The first kappa shape index (κ1) is 14.6. The van der Waals surface area contributed by atoms with E-state index < -0.39 is 0 Å². The molecule has 1 heterocycles. The molecule has 2 amide bonds. The Balaban J connectivity index is 1.90. The maximum atomic E-state index is 12.4. The predicted octanol–water partition coefficient (Wildman–Crippen LogP) is 2.04. The van der Waals surface area contributed by atoms with Crippen LogP contribution in [-0.2, 0) is 9.59 Å². The molecule has 1 aromatic rings. The Morgan fingerprint density at radius 2 is 2.20 bits per heavy atom. The van der Waals surface area contributed by atoms with E-state index in [1.54, 1.807) is 11.0 Å². The van der Waals surface area contributed by atoms with Gasteiger partial charge in [-0.2, -0.15) is 0 Å². The summed E-state index contributed by atoms with van der Waals surface area (Å²) in [5.74, 6) is 0.347. The van der Waals surface area contributed by atoms with E-state index >= 15 is 0 Å². The number of aromatic nitrogens is 1. The molecule has 0 atom stereocenters. The van der Waals surface area contributed by atoms with Gasteiger partial charge in [-0.15, -0.1) is 0 Å². The van der Waals surface area contributed by atoms with E-state index in [1.807, 2.05) is 6.92 Å². The highest BCUT2D eigenvalue weighted by Gasteiger charge is 2.27. The second-order valence-electron chi connectivity index (χ2n) is 5.17. The van der Waals surface area contributed by atoms with Gasteiger partial charge in [-0.3, -0.25) is 9.59 Å². The predicted molar refractivity (Wildman–Crippen MR) is 74.0 cm³/mol. The minimum Gasteiger partial charge on any atom is -0.363 e. The Kier molecular flexibility index (Phi) is 5.15. The van der Waals surface area contributed by atoms with Gasteiger partial charge >= 0.3 is 0 Å². The van der Waals surface area contributed by atoms with Gasteiger partial charge in [0.05, 0.1) is 6.54 Å². The molecule has 110 valence electrons. The summed E-state index contributed by atoms with van der Waals surface area (Å²) < 4.78 is 4.65. The first-order valence-corrected chi connectivity index (χ1v) is 7.19. The molecule has 0 radical (unpaired) electrons. The SMILES string of the molecule is CCCN(CC(=O)Nc1ccon1)C(=O)C1CCCC1. The van der Waals surface area contributed by atoms with Crippen molar-refractivity contribution in [2.24, 2.45) is 5.92 Å². The lowest BCUT2D eigenvalue weighted by molar-refractivity contribution is -0.138. The van der Waals surface area contributed by atoms with Crippen LogP contribution in [0.3, 0.4) is 0 Å². The Morgan fingerprint density at radius 3 is 2.80 bits per heavy atom. The van der Waals surface area contributed by atoms with Crippen molar-refractivity contribution in [2.45, 2.75) is 39.0 Å². The monoisotopic (exact) mass is 279 g/mol. The number of rotatable bonds is 6. The fourth-order valence-electron chi connectivity index (χ4n) is 2.60. The van der Waals surface area contributed by atoms with Gasteiger partial charge in [-0.25, -0.2) is 0 Å². The molecule has 20 heavy (non-hydrogen) atoms. The lowest BCUT2D eigenvalue weighted by Crippen LogP contribution is -2.41. The highest BCUT2D eigenvalue weighted by atomic mass is 16.5. The zero-order chi connectivity index (χ0) is 14.4. The summed E-state index contributed by atoms with van der Waals surface area (Å²) in [7, 11) is 0. The summed E-state index contributed by atoms with van der Waals surface area (Å²) in [6.07, 6.45) is 6.36. The van der Waals surface area contributed by atoms with Crippen LogP contribution in [0.15, 0.2) is 16.9 Å². The standard InChI is InChI=1S/C14H21N3O3/c1-2-8-17(14(19)11-5-3-4-6-11)10-13(18)15-12-7-9-20-16-12/h7,9,11H,2-6,8,10H2,1H3,(H,15,16,18). The number of anilines is 1. The average Bonchev–Trinajstić information content (AvgIpc) is 3.10. The van der Waals surface area contributed by atoms with E-state index in [4.69, 9.17) is 0 Å². The van der Waals surface area contributed by atoms with Crippen molar-refractivity contribution < 1.29 is 14.1 Å². The second-order valence-corrected chi connectivity index (χ2v) is 5.17. The number of hydrogen-bond donors (Lipinski definition) is 1. The lowest BCUT2D eigenvalue weighted by Gasteiger charge is -2.24. The van der Waals surface area contributed by atoms with Crippen LogP contribution in [0.1, 0.15) is 39.0 Å². The minimum atomic E-state index is -0.237. The van der Waals surface area contributed by atoms with Gasteiger partial charge in [0.1, 0.15) is 6.26 Å². The lowest BCUT2D eigenvalue weighted by atomic mass is 10.1. The van der Waals surface area contributed by atoms with Crippen LogP contribution in [0.2, 0.25) is 0 Å². The van der Waals surface area contributed by atoms with Crippen molar-refractivity contribution >= 4 is 17.6 Å². The van der Waals surface area contributed by atoms with Crippen LogP contribution < -0.4 is 5.32 Å². The summed E-state index contributed by atoms with van der Waals surface area (Å²) in [5.41, 5.74) is 0. The Hall–Kier alpha value is -1.85. The molecule has 0 aliphatic heterocycles. The fraction of sp³-hybridized carbons (Fsp3) is 0.643.